The zero-order valence-corrected chi connectivity index (χ0v) is 68.8. The molecule has 27 rings (SSSR count). The number of rotatable bonds is 8. The van der Waals surface area contributed by atoms with Gasteiger partial charge in [-0.3, -0.25) is 0 Å². The summed E-state index contributed by atoms with van der Waals surface area (Å²) in [7, 11) is 0. The highest BCUT2D eigenvalue weighted by Gasteiger charge is 2.24. The number of fused-ring (bicyclic) bond motifs is 21. The van der Waals surface area contributed by atoms with Crippen LogP contribution in [0.4, 0.5) is 0 Å². The standard InChI is InChI=1S/C64H39N.C60H37N/c1-2-15-41(16-3-1)61-55-23-10-11-24-56(55)63(57-32-30-47(39-59(57)61)62-51-19-7-5-17-44(51)36-45-18-6-8-20-52(45)62)46-27-26-42-35-49-38-50(31-28-43(49)34-48(42)37-46)65-60-25-13-12-22-54(60)58-33-29-40-14-4-9-21-53(40)64(58)65;1-2-14-40(15-3-1)58-52-19-8-9-20-53(52)59(54-30-28-45(37-56(54)58)42-23-22-38-12-4-5-16-41(38)32-42)46-25-24-43-34-48-36-49(29-26-44(48)33-47(43)35-46)61-57-21-11-10-18-51(57)55-31-27-39-13-6-7-17-50(39)60(55)61/h1-39H;1-37H. The van der Waals surface area contributed by atoms with E-state index in [2.05, 4.69) is 470 Å². The van der Waals surface area contributed by atoms with Crippen LogP contribution in [0.2, 0.25) is 0 Å². The van der Waals surface area contributed by atoms with Crippen molar-refractivity contribution in [2.45, 2.75) is 0 Å². The summed E-state index contributed by atoms with van der Waals surface area (Å²) < 4.78 is 4.92. The molecule has 0 saturated carbocycles. The molecule has 126 heavy (non-hydrogen) atoms. The Morgan fingerprint density at radius 2 is 0.373 bits per heavy atom. The summed E-state index contributed by atoms with van der Waals surface area (Å²) >= 11 is 0. The molecule has 0 aliphatic heterocycles. The molecule has 2 nitrogen and oxygen atoms in total. The molecule has 0 bridgehead atoms. The lowest BCUT2D eigenvalue weighted by atomic mass is 9.83. The van der Waals surface area contributed by atoms with Crippen LogP contribution < -0.4 is 0 Å². The van der Waals surface area contributed by atoms with Gasteiger partial charge in [-0.15, -0.1) is 0 Å². The van der Waals surface area contributed by atoms with Gasteiger partial charge >= 0.3 is 0 Å². The van der Waals surface area contributed by atoms with Crippen molar-refractivity contribution < 1.29 is 0 Å². The van der Waals surface area contributed by atoms with Crippen LogP contribution in [0, 0.1) is 0 Å². The molecular weight excluding hydrogens is 1520 g/mol. The highest BCUT2D eigenvalue weighted by Crippen LogP contribution is 2.51. The first-order chi connectivity index (χ1) is 62.5. The zero-order valence-electron chi connectivity index (χ0n) is 68.8. The van der Waals surface area contributed by atoms with E-state index in [0.29, 0.717) is 0 Å². The van der Waals surface area contributed by atoms with Crippen LogP contribution in [0.5, 0.6) is 0 Å². The minimum atomic E-state index is 1.17. The fourth-order valence-electron chi connectivity index (χ4n) is 21.4. The molecule has 0 aliphatic carbocycles. The van der Waals surface area contributed by atoms with Gasteiger partial charge in [0.05, 0.1) is 22.1 Å². The van der Waals surface area contributed by atoms with Crippen molar-refractivity contribution in [1.82, 2.24) is 9.13 Å². The van der Waals surface area contributed by atoms with Gasteiger partial charge in [0.25, 0.3) is 0 Å². The third-order valence-corrected chi connectivity index (χ3v) is 27.1. The second-order valence-corrected chi connectivity index (χ2v) is 34.1. The van der Waals surface area contributed by atoms with Crippen molar-refractivity contribution in [3.05, 3.63) is 461 Å². The molecule has 0 N–H and O–H groups in total. The van der Waals surface area contributed by atoms with Crippen LogP contribution >= 0.6 is 0 Å². The molecular formula is C124H76N2. The first kappa shape index (κ1) is 71.2. The lowest BCUT2D eigenvalue weighted by molar-refractivity contribution is 1.19. The van der Waals surface area contributed by atoms with Crippen molar-refractivity contribution in [3.8, 4) is 78.1 Å². The quantitative estimate of drug-likeness (QED) is 0.134. The van der Waals surface area contributed by atoms with Crippen LogP contribution in [0.3, 0.4) is 0 Å². The fourth-order valence-corrected chi connectivity index (χ4v) is 21.4. The molecule has 0 unspecified atom stereocenters. The summed E-state index contributed by atoms with van der Waals surface area (Å²) in [5.41, 5.74) is 22.2. The summed E-state index contributed by atoms with van der Waals surface area (Å²) in [4.78, 5) is 0. The smallest absolute Gasteiger partial charge is 0.0619 e. The minimum Gasteiger partial charge on any atom is -0.309 e. The van der Waals surface area contributed by atoms with Crippen molar-refractivity contribution in [2.24, 2.45) is 0 Å². The predicted octanol–water partition coefficient (Wildman–Crippen LogP) is 34.6. The summed E-state index contributed by atoms with van der Waals surface area (Å²) in [5.74, 6) is 0. The SMILES string of the molecule is c1ccc(-c2c3ccccc3c(-c3ccc4cc5cc(-n6c7ccccc7c7ccc8ccccc8c76)ccc5cc4c3)c3ccc(-c4c5ccccc5cc5ccccc45)cc23)cc1.c1ccc(-c2c3ccccc3c(-c3ccc4cc5cc(-n6c7ccccc7c7ccc8ccccc8c76)ccc5cc4c3)c3ccc(-c4ccc5ccccc5c4)cc23)cc1. The van der Waals surface area contributed by atoms with Gasteiger partial charge in [0.1, 0.15) is 0 Å². The second-order valence-electron chi connectivity index (χ2n) is 34.1. The van der Waals surface area contributed by atoms with Gasteiger partial charge in [-0.1, -0.05) is 364 Å². The maximum atomic E-state index is 2.47. The summed E-state index contributed by atoms with van der Waals surface area (Å²) in [5, 5.41) is 37.6. The topological polar surface area (TPSA) is 9.86 Å². The van der Waals surface area contributed by atoms with Crippen LogP contribution in [0.25, 0.3) is 262 Å². The number of hydrogen-bond acceptors (Lipinski definition) is 0. The maximum Gasteiger partial charge on any atom is 0.0619 e. The largest absolute Gasteiger partial charge is 0.309 e. The molecule has 0 atom stereocenters. The molecule has 582 valence electrons. The Kier molecular flexibility index (Phi) is 16.1. The molecule has 0 aliphatic rings. The Bertz CT molecular complexity index is 9230. The number of benzene rings is 25. The van der Waals surface area contributed by atoms with Gasteiger partial charge in [0.2, 0.25) is 0 Å². The van der Waals surface area contributed by atoms with Crippen molar-refractivity contribution in [2.75, 3.05) is 0 Å². The molecule has 0 saturated heterocycles. The Morgan fingerprint density at radius 3 is 0.841 bits per heavy atom. The lowest BCUT2D eigenvalue weighted by Gasteiger charge is -2.20. The van der Waals surface area contributed by atoms with Gasteiger partial charge in [0.15, 0.2) is 0 Å². The van der Waals surface area contributed by atoms with E-state index >= 15 is 0 Å². The highest BCUT2D eigenvalue weighted by atomic mass is 15.0. The van der Waals surface area contributed by atoms with E-state index in [1.807, 2.05) is 0 Å². The Hall–Kier alpha value is -16.5. The van der Waals surface area contributed by atoms with E-state index in [4.69, 9.17) is 0 Å². The van der Waals surface area contributed by atoms with E-state index in [1.165, 1.54) is 262 Å². The molecule has 27 aromatic rings. The van der Waals surface area contributed by atoms with Crippen LogP contribution in [0.1, 0.15) is 0 Å². The number of hydrogen-bond donors (Lipinski definition) is 0. The van der Waals surface area contributed by atoms with Crippen molar-refractivity contribution in [1.29, 1.82) is 0 Å². The minimum absolute atomic E-state index is 1.17. The van der Waals surface area contributed by atoms with E-state index < -0.39 is 0 Å². The van der Waals surface area contributed by atoms with Crippen LogP contribution in [-0.4, -0.2) is 9.13 Å². The Labute approximate surface area is 726 Å². The molecule has 0 fully saturated rings. The third kappa shape index (κ3) is 11.4. The highest BCUT2D eigenvalue weighted by molar-refractivity contribution is 6.27. The molecule has 0 radical (unpaired) electrons. The molecule has 2 heteroatoms. The summed E-state index contributed by atoms with van der Waals surface area (Å²) in [6.07, 6.45) is 0. The second kappa shape index (κ2) is 28.6. The van der Waals surface area contributed by atoms with Gasteiger partial charge in [-0.05, 0) is 293 Å². The van der Waals surface area contributed by atoms with Gasteiger partial charge in [0, 0.05) is 43.7 Å². The molecule has 2 heterocycles. The van der Waals surface area contributed by atoms with Gasteiger partial charge in [-0.2, -0.15) is 0 Å². The molecule has 25 aromatic carbocycles. The number of aromatic nitrogens is 2. The summed E-state index contributed by atoms with van der Waals surface area (Å²) in [6, 6.07) is 171. The van der Waals surface area contributed by atoms with Crippen molar-refractivity contribution >= 4 is 184 Å². The average molecular weight is 1590 g/mol. The van der Waals surface area contributed by atoms with Gasteiger partial charge in [-0.25, -0.2) is 0 Å². The predicted molar refractivity (Wildman–Crippen MR) is 542 cm³/mol. The van der Waals surface area contributed by atoms with Crippen LogP contribution in [0.15, 0.2) is 461 Å². The number of para-hydroxylation sites is 2. The Balaban J connectivity index is 0.000000134. The zero-order chi connectivity index (χ0) is 82.6. The maximum absolute atomic E-state index is 2.47. The number of nitrogens with zero attached hydrogens (tertiary/aromatic N) is 2. The average Bonchev–Trinajstić information content (AvgIpc) is 0.981. The fraction of sp³-hybridized carbons (Fsp3) is 0. The van der Waals surface area contributed by atoms with Crippen LogP contribution in [-0.2, 0) is 0 Å². The normalized spacial score (nSPS) is 12.0. The van der Waals surface area contributed by atoms with Gasteiger partial charge < -0.3 is 9.13 Å². The van der Waals surface area contributed by atoms with E-state index in [0.717, 1.165) is 0 Å². The first-order valence-corrected chi connectivity index (χ1v) is 43.7. The third-order valence-electron chi connectivity index (χ3n) is 27.1. The van der Waals surface area contributed by atoms with Crippen molar-refractivity contribution in [3.63, 3.8) is 0 Å². The van der Waals surface area contributed by atoms with E-state index in [9.17, 15) is 0 Å². The molecule has 0 spiro atoms. The van der Waals surface area contributed by atoms with E-state index in [1.54, 1.807) is 0 Å². The monoisotopic (exact) mass is 1590 g/mol. The lowest BCUT2D eigenvalue weighted by Crippen LogP contribution is -1.94. The first-order valence-electron chi connectivity index (χ1n) is 43.7. The summed E-state index contributed by atoms with van der Waals surface area (Å²) in [6.45, 7) is 0. The van der Waals surface area contributed by atoms with E-state index in [-0.39, 0.29) is 0 Å². The Morgan fingerprint density at radius 1 is 0.111 bits per heavy atom. The molecule has 2 aromatic heterocycles. The molecule has 0 amide bonds.